The van der Waals surface area contributed by atoms with Crippen LogP contribution in [0.1, 0.15) is 19.4 Å². The first-order chi connectivity index (χ1) is 10.4. The molecule has 0 saturated heterocycles. The molecule has 116 valence electrons. The third kappa shape index (κ3) is 3.32. The fraction of sp³-hybridized carbons (Fsp3) is 0.286. The number of hydrogen-bond donors (Lipinski definition) is 2. The largest absolute Gasteiger partial charge is 0.504 e. The van der Waals surface area contributed by atoms with Gasteiger partial charge in [-0.1, -0.05) is 0 Å². The van der Waals surface area contributed by atoms with E-state index in [-0.39, 0.29) is 11.1 Å². The minimum Gasteiger partial charge on any atom is -0.504 e. The molecule has 1 aromatic rings. The van der Waals surface area contributed by atoms with E-state index in [0.29, 0.717) is 13.1 Å². The van der Waals surface area contributed by atoms with Crippen LogP contribution in [0.4, 0.5) is 5.69 Å². The number of aromatic hydroxyl groups is 2. The number of likely N-dealkylation sites (N-methyl/N-ethyl adjacent to an activating group) is 1. The lowest BCUT2D eigenvalue weighted by atomic mass is 10.1. The van der Waals surface area contributed by atoms with Crippen molar-refractivity contribution in [3.8, 4) is 17.6 Å². The molecule has 22 heavy (non-hydrogen) atoms. The van der Waals surface area contributed by atoms with E-state index in [2.05, 4.69) is 0 Å². The van der Waals surface area contributed by atoms with E-state index >= 15 is 0 Å². The average molecular weight is 305 g/mol. The van der Waals surface area contributed by atoms with Crippen LogP contribution in [0, 0.1) is 21.4 Å². The zero-order chi connectivity index (χ0) is 16.9. The van der Waals surface area contributed by atoms with E-state index in [1.807, 2.05) is 0 Å². The second kappa shape index (κ2) is 7.08. The molecule has 8 heteroatoms. The molecule has 1 aromatic carbocycles. The summed E-state index contributed by atoms with van der Waals surface area (Å²) in [7, 11) is 0. The van der Waals surface area contributed by atoms with Crippen molar-refractivity contribution in [1.82, 2.24) is 4.90 Å². The number of nitrogens with zero attached hydrogens (tertiary/aromatic N) is 3. The van der Waals surface area contributed by atoms with Crippen LogP contribution in [-0.2, 0) is 4.79 Å². The highest BCUT2D eigenvalue weighted by atomic mass is 16.6. The molecule has 1 amide bonds. The topological polar surface area (TPSA) is 128 Å². The number of hydrogen-bond acceptors (Lipinski definition) is 6. The Kier molecular flexibility index (Phi) is 5.46. The Labute approximate surface area is 126 Å². The summed E-state index contributed by atoms with van der Waals surface area (Å²) in [5, 5.41) is 39.1. The van der Waals surface area contributed by atoms with E-state index in [0.717, 1.165) is 18.2 Å². The number of carbonyl (C=O) groups excluding carboxylic acids is 1. The molecule has 0 aliphatic rings. The average Bonchev–Trinajstić information content (AvgIpc) is 2.49. The molecule has 0 fully saturated rings. The summed E-state index contributed by atoms with van der Waals surface area (Å²) >= 11 is 0. The first-order valence-corrected chi connectivity index (χ1v) is 6.47. The molecule has 0 atom stereocenters. The minimum absolute atomic E-state index is 0.0554. The number of amides is 1. The SMILES string of the molecule is CCN(CC)C(=O)/C(C#N)=C/c1ccc([N+](=O)[O-])c(O)c1O. The van der Waals surface area contributed by atoms with Crippen molar-refractivity contribution in [2.45, 2.75) is 13.8 Å². The van der Waals surface area contributed by atoms with Crippen LogP contribution in [0.25, 0.3) is 6.08 Å². The summed E-state index contributed by atoms with van der Waals surface area (Å²) in [6.45, 7) is 4.33. The van der Waals surface area contributed by atoms with Crippen molar-refractivity contribution in [2.24, 2.45) is 0 Å². The van der Waals surface area contributed by atoms with E-state index in [9.17, 15) is 25.1 Å². The van der Waals surface area contributed by atoms with Gasteiger partial charge in [-0.25, -0.2) is 0 Å². The van der Waals surface area contributed by atoms with Crippen molar-refractivity contribution in [2.75, 3.05) is 13.1 Å². The Hall–Kier alpha value is -3.08. The number of nitriles is 1. The highest BCUT2D eigenvalue weighted by Gasteiger charge is 2.21. The Balaban J connectivity index is 3.31. The maximum absolute atomic E-state index is 12.1. The second-order valence-electron chi connectivity index (χ2n) is 4.28. The zero-order valence-corrected chi connectivity index (χ0v) is 12.1. The fourth-order valence-electron chi connectivity index (χ4n) is 1.83. The molecule has 0 saturated carbocycles. The monoisotopic (exact) mass is 305 g/mol. The molecule has 0 radical (unpaired) electrons. The van der Waals surface area contributed by atoms with Crippen molar-refractivity contribution >= 4 is 17.7 Å². The smallest absolute Gasteiger partial charge is 0.314 e. The van der Waals surface area contributed by atoms with Gasteiger partial charge in [0, 0.05) is 24.7 Å². The van der Waals surface area contributed by atoms with Gasteiger partial charge in [-0.15, -0.1) is 0 Å². The van der Waals surface area contributed by atoms with Crippen molar-refractivity contribution in [1.29, 1.82) is 5.26 Å². The fourth-order valence-corrected chi connectivity index (χ4v) is 1.83. The van der Waals surface area contributed by atoms with Crippen LogP contribution in [0.15, 0.2) is 17.7 Å². The predicted molar refractivity (Wildman–Crippen MR) is 77.9 cm³/mol. The van der Waals surface area contributed by atoms with Gasteiger partial charge in [-0.2, -0.15) is 5.26 Å². The summed E-state index contributed by atoms with van der Waals surface area (Å²) in [4.78, 5) is 23.3. The van der Waals surface area contributed by atoms with Crippen molar-refractivity contribution in [3.63, 3.8) is 0 Å². The zero-order valence-electron chi connectivity index (χ0n) is 12.1. The van der Waals surface area contributed by atoms with E-state index in [1.54, 1.807) is 19.9 Å². The third-order valence-corrected chi connectivity index (χ3v) is 3.06. The lowest BCUT2D eigenvalue weighted by Crippen LogP contribution is -2.31. The lowest BCUT2D eigenvalue weighted by molar-refractivity contribution is -0.386. The summed E-state index contributed by atoms with van der Waals surface area (Å²) in [6.07, 6.45) is 1.08. The normalized spacial score (nSPS) is 10.9. The molecule has 8 nitrogen and oxygen atoms in total. The molecule has 2 N–H and O–H groups in total. The second-order valence-corrected chi connectivity index (χ2v) is 4.28. The molecular formula is C14H15N3O5. The molecule has 0 heterocycles. The van der Waals surface area contributed by atoms with Gasteiger partial charge >= 0.3 is 5.69 Å². The quantitative estimate of drug-likeness (QED) is 0.280. The van der Waals surface area contributed by atoms with Gasteiger partial charge in [0.05, 0.1) is 4.92 Å². The number of rotatable bonds is 5. The highest BCUT2D eigenvalue weighted by molar-refractivity contribution is 6.02. The summed E-state index contributed by atoms with van der Waals surface area (Å²) in [5.41, 5.74) is -0.962. The van der Waals surface area contributed by atoms with Crippen LogP contribution in [0.5, 0.6) is 11.5 Å². The molecule has 0 aliphatic carbocycles. The Morgan fingerprint density at radius 3 is 2.41 bits per heavy atom. The van der Waals surface area contributed by atoms with Crippen LogP contribution < -0.4 is 0 Å². The number of nitro benzene ring substituents is 1. The molecule has 0 spiro atoms. The molecule has 0 aliphatic heterocycles. The summed E-state index contributed by atoms with van der Waals surface area (Å²) in [6, 6.07) is 3.86. The first-order valence-electron chi connectivity index (χ1n) is 6.47. The van der Waals surface area contributed by atoms with E-state index < -0.39 is 28.0 Å². The number of carbonyl (C=O) groups is 1. The van der Waals surface area contributed by atoms with Crippen molar-refractivity contribution in [3.05, 3.63) is 33.4 Å². The first kappa shape index (κ1) is 17.0. The van der Waals surface area contributed by atoms with E-state index in [4.69, 9.17) is 5.26 Å². The molecule has 0 aromatic heterocycles. The molecule has 0 unspecified atom stereocenters. The van der Waals surface area contributed by atoms with Crippen LogP contribution in [-0.4, -0.2) is 39.0 Å². The predicted octanol–water partition coefficient (Wildman–Crippen LogP) is 1.78. The third-order valence-electron chi connectivity index (χ3n) is 3.06. The van der Waals surface area contributed by atoms with Gasteiger partial charge in [0.1, 0.15) is 11.6 Å². The summed E-state index contributed by atoms with van der Waals surface area (Å²) in [5.74, 6) is -2.19. The molecule has 0 bridgehead atoms. The standard InChI is InChI=1S/C14H15N3O5/c1-3-16(4-2)14(20)10(8-15)7-9-5-6-11(17(21)22)13(19)12(9)18/h5-7,18-19H,3-4H2,1-2H3/b10-7+. The number of phenols is 2. The summed E-state index contributed by atoms with van der Waals surface area (Å²) < 4.78 is 0. The highest BCUT2D eigenvalue weighted by Crippen LogP contribution is 2.38. The molecular weight excluding hydrogens is 290 g/mol. The van der Waals surface area contributed by atoms with Crippen molar-refractivity contribution < 1.29 is 19.9 Å². The Bertz CT molecular complexity index is 672. The van der Waals surface area contributed by atoms with Gasteiger partial charge in [0.25, 0.3) is 5.91 Å². The molecule has 1 rings (SSSR count). The van der Waals surface area contributed by atoms with E-state index in [1.165, 1.54) is 4.90 Å². The van der Waals surface area contributed by atoms with Crippen LogP contribution >= 0.6 is 0 Å². The maximum atomic E-state index is 12.1. The van der Waals surface area contributed by atoms with Gasteiger partial charge in [-0.3, -0.25) is 14.9 Å². The van der Waals surface area contributed by atoms with Gasteiger partial charge in [0.15, 0.2) is 5.75 Å². The van der Waals surface area contributed by atoms with Gasteiger partial charge in [0.2, 0.25) is 5.75 Å². The lowest BCUT2D eigenvalue weighted by Gasteiger charge is -2.17. The number of nitro groups is 1. The Morgan fingerprint density at radius 1 is 1.36 bits per heavy atom. The number of phenolic OH excluding ortho intramolecular Hbond substituents is 2. The maximum Gasteiger partial charge on any atom is 0.314 e. The van der Waals surface area contributed by atoms with Gasteiger partial charge < -0.3 is 15.1 Å². The van der Waals surface area contributed by atoms with Crippen LogP contribution in [0.3, 0.4) is 0 Å². The van der Waals surface area contributed by atoms with Gasteiger partial charge in [-0.05, 0) is 26.0 Å². The van der Waals surface area contributed by atoms with Crippen LogP contribution in [0.2, 0.25) is 0 Å². The number of benzene rings is 1. The Morgan fingerprint density at radius 2 is 1.95 bits per heavy atom. The minimum atomic E-state index is -0.911.